The second-order valence-corrected chi connectivity index (χ2v) is 7.20. The number of nitrogens with two attached hydrogens (primary N) is 1. The zero-order valence-corrected chi connectivity index (χ0v) is 16.0. The SMILES string of the molecule is CCc1c[c]c2c3c(C(N)=O)cccc3n(Cc3cc(C)ccc3C)c2c1. The lowest BCUT2D eigenvalue weighted by Crippen LogP contribution is -2.11. The molecule has 27 heavy (non-hydrogen) atoms. The third-order valence-corrected chi connectivity index (χ3v) is 5.36. The minimum atomic E-state index is -0.403. The first kappa shape index (κ1) is 17.3. The molecule has 1 aromatic heterocycles. The number of benzene rings is 3. The predicted octanol–water partition coefficient (Wildman–Crippen LogP) is 4.92. The molecule has 0 aliphatic rings. The van der Waals surface area contributed by atoms with Crippen molar-refractivity contribution in [3.63, 3.8) is 0 Å². The maximum Gasteiger partial charge on any atom is 0.249 e. The van der Waals surface area contributed by atoms with Crippen LogP contribution in [0.3, 0.4) is 0 Å². The molecule has 0 saturated heterocycles. The molecule has 1 heterocycles. The van der Waals surface area contributed by atoms with Crippen molar-refractivity contribution in [2.45, 2.75) is 33.7 Å². The van der Waals surface area contributed by atoms with Crippen LogP contribution in [-0.4, -0.2) is 10.5 Å². The number of aromatic nitrogens is 1. The molecule has 0 saturated carbocycles. The van der Waals surface area contributed by atoms with Gasteiger partial charge in [-0.25, -0.2) is 0 Å². The number of aryl methyl sites for hydroxylation is 3. The maximum absolute atomic E-state index is 12.0. The number of amides is 1. The highest BCUT2D eigenvalue weighted by atomic mass is 16.1. The average Bonchev–Trinajstić information content (AvgIpc) is 2.97. The van der Waals surface area contributed by atoms with Crippen LogP contribution in [0.25, 0.3) is 21.8 Å². The van der Waals surface area contributed by atoms with E-state index in [1.54, 1.807) is 6.07 Å². The molecule has 4 rings (SSSR count). The standard InChI is InChI=1S/C24H23N2O/c1-4-17-10-11-19-22(13-17)26(14-18-12-15(2)8-9-16(18)3)21-7-5-6-20(23(19)21)24(25)27/h5-10,12-13H,4,14H2,1-3H3,(H2,25,27). The van der Waals surface area contributed by atoms with E-state index in [0.717, 1.165) is 34.8 Å². The van der Waals surface area contributed by atoms with Crippen molar-refractivity contribution in [2.24, 2.45) is 5.73 Å². The topological polar surface area (TPSA) is 48.0 Å². The molecular weight excluding hydrogens is 332 g/mol. The predicted molar refractivity (Wildman–Crippen MR) is 111 cm³/mol. The van der Waals surface area contributed by atoms with Crippen LogP contribution in [0.1, 0.15) is 39.5 Å². The van der Waals surface area contributed by atoms with Gasteiger partial charge in [-0.2, -0.15) is 0 Å². The van der Waals surface area contributed by atoms with Gasteiger partial charge in [0.05, 0.1) is 11.0 Å². The number of carbonyl (C=O) groups excluding carboxylic acids is 1. The number of carbonyl (C=O) groups is 1. The van der Waals surface area contributed by atoms with Gasteiger partial charge in [-0.15, -0.1) is 0 Å². The molecule has 4 aromatic rings. The average molecular weight is 355 g/mol. The van der Waals surface area contributed by atoms with E-state index < -0.39 is 5.91 Å². The molecule has 1 radical (unpaired) electrons. The van der Waals surface area contributed by atoms with Gasteiger partial charge in [-0.1, -0.05) is 42.8 Å². The van der Waals surface area contributed by atoms with Crippen molar-refractivity contribution in [2.75, 3.05) is 0 Å². The maximum atomic E-state index is 12.0. The molecule has 2 N–H and O–H groups in total. The van der Waals surface area contributed by atoms with Gasteiger partial charge in [-0.05, 0) is 61.2 Å². The Balaban J connectivity index is 2.06. The van der Waals surface area contributed by atoms with Gasteiger partial charge in [0.2, 0.25) is 5.91 Å². The molecule has 1 amide bonds. The molecule has 0 bridgehead atoms. The van der Waals surface area contributed by atoms with Crippen molar-refractivity contribution >= 4 is 27.7 Å². The summed E-state index contributed by atoms with van der Waals surface area (Å²) in [4.78, 5) is 12.0. The minimum absolute atomic E-state index is 0.403. The van der Waals surface area contributed by atoms with E-state index in [1.807, 2.05) is 12.1 Å². The highest BCUT2D eigenvalue weighted by Gasteiger charge is 2.17. The van der Waals surface area contributed by atoms with Gasteiger partial charge < -0.3 is 10.3 Å². The van der Waals surface area contributed by atoms with Crippen molar-refractivity contribution in [1.82, 2.24) is 4.57 Å². The molecule has 135 valence electrons. The van der Waals surface area contributed by atoms with E-state index in [1.165, 1.54) is 22.3 Å². The number of rotatable bonds is 4. The Hall–Kier alpha value is -3.07. The second kappa shape index (κ2) is 6.58. The van der Waals surface area contributed by atoms with E-state index in [0.29, 0.717) is 5.56 Å². The van der Waals surface area contributed by atoms with E-state index in [4.69, 9.17) is 5.73 Å². The monoisotopic (exact) mass is 355 g/mol. The van der Waals surface area contributed by atoms with Gasteiger partial charge in [0.15, 0.2) is 0 Å². The normalized spacial score (nSPS) is 11.4. The first-order chi connectivity index (χ1) is 13.0. The largest absolute Gasteiger partial charge is 0.366 e. The smallest absolute Gasteiger partial charge is 0.249 e. The third kappa shape index (κ3) is 2.89. The Morgan fingerprint density at radius 3 is 2.67 bits per heavy atom. The molecule has 0 atom stereocenters. The zero-order chi connectivity index (χ0) is 19.1. The first-order valence-electron chi connectivity index (χ1n) is 9.31. The van der Waals surface area contributed by atoms with Gasteiger partial charge in [0.1, 0.15) is 0 Å². The number of hydrogen-bond acceptors (Lipinski definition) is 1. The molecule has 0 aliphatic carbocycles. The summed E-state index contributed by atoms with van der Waals surface area (Å²) in [6, 6.07) is 19.9. The molecule has 0 fully saturated rings. The lowest BCUT2D eigenvalue weighted by molar-refractivity contribution is 0.100. The van der Waals surface area contributed by atoms with Gasteiger partial charge in [0.25, 0.3) is 0 Å². The number of fused-ring (bicyclic) bond motifs is 3. The summed E-state index contributed by atoms with van der Waals surface area (Å²) in [5.41, 5.74) is 13.4. The van der Waals surface area contributed by atoms with Crippen molar-refractivity contribution in [3.8, 4) is 0 Å². The third-order valence-electron chi connectivity index (χ3n) is 5.36. The lowest BCUT2D eigenvalue weighted by atomic mass is 10.0. The van der Waals surface area contributed by atoms with Gasteiger partial charge in [0, 0.05) is 22.9 Å². The zero-order valence-electron chi connectivity index (χ0n) is 16.0. The quantitative estimate of drug-likeness (QED) is 0.555. The Morgan fingerprint density at radius 1 is 1.11 bits per heavy atom. The Morgan fingerprint density at radius 2 is 1.93 bits per heavy atom. The Labute approximate surface area is 159 Å². The fraction of sp³-hybridized carbons (Fsp3) is 0.208. The second-order valence-electron chi connectivity index (χ2n) is 7.20. The lowest BCUT2D eigenvalue weighted by Gasteiger charge is -2.12. The molecule has 3 heteroatoms. The van der Waals surface area contributed by atoms with Gasteiger partial charge in [-0.3, -0.25) is 4.79 Å². The van der Waals surface area contributed by atoms with Crippen molar-refractivity contribution in [3.05, 3.63) is 82.4 Å². The van der Waals surface area contributed by atoms with Crippen LogP contribution < -0.4 is 5.73 Å². The van der Waals surface area contributed by atoms with Crippen molar-refractivity contribution < 1.29 is 4.79 Å². The van der Waals surface area contributed by atoms with Crippen LogP contribution >= 0.6 is 0 Å². The van der Waals surface area contributed by atoms with Crippen molar-refractivity contribution in [1.29, 1.82) is 0 Å². The highest BCUT2D eigenvalue weighted by Crippen LogP contribution is 2.33. The summed E-state index contributed by atoms with van der Waals surface area (Å²) in [7, 11) is 0. The van der Waals surface area contributed by atoms with Crippen LogP contribution in [0.2, 0.25) is 0 Å². The fourth-order valence-corrected chi connectivity index (χ4v) is 3.82. The summed E-state index contributed by atoms with van der Waals surface area (Å²) < 4.78 is 2.29. The van der Waals surface area contributed by atoms with Crippen LogP contribution in [0.15, 0.2) is 48.5 Å². The number of nitrogens with zero attached hydrogens (tertiary/aromatic N) is 1. The van der Waals surface area contributed by atoms with Crippen LogP contribution in [0.4, 0.5) is 0 Å². The molecule has 0 spiro atoms. The number of hydrogen-bond donors (Lipinski definition) is 1. The Kier molecular flexibility index (Phi) is 4.23. The van der Waals surface area contributed by atoms with E-state index in [-0.39, 0.29) is 0 Å². The van der Waals surface area contributed by atoms with Gasteiger partial charge >= 0.3 is 0 Å². The van der Waals surface area contributed by atoms with E-state index in [2.05, 4.69) is 61.7 Å². The molecular formula is C24H23N2O. The molecule has 0 aliphatic heterocycles. The summed E-state index contributed by atoms with van der Waals surface area (Å²) in [5, 5.41) is 1.86. The van der Waals surface area contributed by atoms with Crippen LogP contribution in [0, 0.1) is 19.9 Å². The summed E-state index contributed by atoms with van der Waals surface area (Å²) in [6.07, 6.45) is 0.945. The molecule has 3 aromatic carbocycles. The first-order valence-corrected chi connectivity index (χ1v) is 9.31. The number of primary amides is 1. The molecule has 3 nitrogen and oxygen atoms in total. The fourth-order valence-electron chi connectivity index (χ4n) is 3.82. The highest BCUT2D eigenvalue weighted by molar-refractivity contribution is 6.17. The summed E-state index contributed by atoms with van der Waals surface area (Å²) in [5.74, 6) is -0.403. The van der Waals surface area contributed by atoms with Crippen LogP contribution in [0.5, 0.6) is 0 Å². The Bertz CT molecular complexity index is 1180. The molecule has 0 unspecified atom stereocenters. The summed E-state index contributed by atoms with van der Waals surface area (Å²) >= 11 is 0. The van der Waals surface area contributed by atoms with E-state index in [9.17, 15) is 4.79 Å². The van der Waals surface area contributed by atoms with Crippen LogP contribution in [-0.2, 0) is 13.0 Å². The van der Waals surface area contributed by atoms with E-state index >= 15 is 0 Å². The summed E-state index contributed by atoms with van der Waals surface area (Å²) in [6.45, 7) is 7.14. The minimum Gasteiger partial charge on any atom is -0.366 e.